The zero-order chi connectivity index (χ0) is 17.0. The maximum absolute atomic E-state index is 12.1. The first kappa shape index (κ1) is 17.1. The molecule has 0 atom stereocenters. The normalized spacial score (nSPS) is 12.4. The number of hydrogen-bond donors (Lipinski definition) is 2. The van der Waals surface area contributed by atoms with Crippen molar-refractivity contribution in [3.8, 4) is 0 Å². The number of nitrogens with two attached hydrogens (primary N) is 1. The molecule has 122 valence electrons. The van der Waals surface area contributed by atoms with Crippen molar-refractivity contribution in [2.75, 3.05) is 10.5 Å². The number of benzene rings is 2. The number of nitrogens with one attached hydrogen (secondary N) is 1. The van der Waals surface area contributed by atoms with E-state index in [0.717, 1.165) is 16.7 Å². The second-order valence-electron chi connectivity index (χ2n) is 5.57. The number of sulfonamides is 1. The lowest BCUT2D eigenvalue weighted by atomic mass is 9.97. The molecule has 2 aromatic rings. The molecule has 0 heterocycles. The summed E-state index contributed by atoms with van der Waals surface area (Å²) in [4.78, 5) is 0. The summed E-state index contributed by atoms with van der Waals surface area (Å²) in [7, 11) is -3.44. The molecule has 0 amide bonds. The first-order valence-corrected chi connectivity index (χ1v) is 9.03. The molecule has 0 unspecified atom stereocenters. The van der Waals surface area contributed by atoms with Crippen LogP contribution < -0.4 is 10.5 Å². The van der Waals surface area contributed by atoms with Gasteiger partial charge in [0.2, 0.25) is 10.0 Å². The molecule has 0 aliphatic heterocycles. The van der Waals surface area contributed by atoms with Crippen molar-refractivity contribution in [1.29, 1.82) is 0 Å². The minimum Gasteiger partial charge on any atom is -0.397 e. The van der Waals surface area contributed by atoms with Crippen LogP contribution in [0.5, 0.6) is 0 Å². The van der Waals surface area contributed by atoms with Crippen LogP contribution in [0.3, 0.4) is 0 Å². The molecule has 23 heavy (non-hydrogen) atoms. The fourth-order valence-electron chi connectivity index (χ4n) is 2.20. The Hall–Kier alpha value is -2.27. The largest absolute Gasteiger partial charge is 0.397 e. The van der Waals surface area contributed by atoms with Gasteiger partial charge in [-0.15, -0.1) is 0 Å². The zero-order valence-electron chi connectivity index (χ0n) is 13.6. The molecule has 0 saturated heterocycles. The van der Waals surface area contributed by atoms with Crippen molar-refractivity contribution < 1.29 is 8.42 Å². The number of allylic oxidation sites excluding steroid dienone is 1. The Morgan fingerprint density at radius 1 is 1.09 bits per heavy atom. The summed E-state index contributed by atoms with van der Waals surface area (Å²) >= 11 is 0. The lowest BCUT2D eigenvalue weighted by Gasteiger charge is -2.15. The number of nitrogen functional groups attached to an aromatic ring is 1. The van der Waals surface area contributed by atoms with E-state index in [-0.39, 0.29) is 0 Å². The third-order valence-corrected chi connectivity index (χ3v) is 5.36. The van der Waals surface area contributed by atoms with Crippen LogP contribution in [-0.2, 0) is 10.0 Å². The fraction of sp³-hybridized carbons (Fsp3) is 0.222. The Balaban J connectivity index is 2.45. The second-order valence-corrected chi connectivity index (χ2v) is 7.80. The maximum atomic E-state index is 12.1. The third-order valence-electron chi connectivity index (χ3n) is 3.61. The molecule has 0 radical (unpaired) electrons. The van der Waals surface area contributed by atoms with Crippen LogP contribution >= 0.6 is 0 Å². The topological polar surface area (TPSA) is 72.2 Å². The van der Waals surface area contributed by atoms with Crippen molar-refractivity contribution in [3.63, 3.8) is 0 Å². The van der Waals surface area contributed by atoms with E-state index in [4.69, 9.17) is 5.73 Å². The number of anilines is 2. The molecular formula is C18H22N2O2S. The van der Waals surface area contributed by atoms with E-state index in [0.29, 0.717) is 11.4 Å². The highest BCUT2D eigenvalue weighted by Gasteiger charge is 2.17. The van der Waals surface area contributed by atoms with Crippen LogP contribution in [0.25, 0.3) is 5.57 Å². The van der Waals surface area contributed by atoms with Crippen molar-refractivity contribution in [3.05, 3.63) is 65.7 Å². The van der Waals surface area contributed by atoms with E-state index in [1.807, 2.05) is 49.4 Å². The van der Waals surface area contributed by atoms with E-state index < -0.39 is 15.3 Å². The molecule has 3 N–H and O–H groups in total. The summed E-state index contributed by atoms with van der Waals surface area (Å²) in [6.45, 7) is 5.21. The first-order chi connectivity index (χ1) is 10.8. The van der Waals surface area contributed by atoms with Crippen LogP contribution in [0, 0.1) is 0 Å². The van der Waals surface area contributed by atoms with Crippen LogP contribution in [0.2, 0.25) is 0 Å². The Bertz CT molecular complexity index is 810. The molecule has 2 aromatic carbocycles. The molecule has 0 bridgehead atoms. The second kappa shape index (κ2) is 6.87. The Kier molecular flexibility index (Phi) is 5.11. The molecule has 0 aromatic heterocycles. The minimum absolute atomic E-state index is 0.404. The third kappa shape index (κ3) is 3.93. The van der Waals surface area contributed by atoms with Crippen LogP contribution in [-0.4, -0.2) is 13.7 Å². The average molecular weight is 330 g/mol. The van der Waals surface area contributed by atoms with Gasteiger partial charge in [0.05, 0.1) is 16.6 Å². The van der Waals surface area contributed by atoms with Gasteiger partial charge in [0.15, 0.2) is 0 Å². The lowest BCUT2D eigenvalue weighted by molar-refractivity contribution is 0.593. The maximum Gasteiger partial charge on any atom is 0.235 e. The minimum atomic E-state index is -3.44. The lowest BCUT2D eigenvalue weighted by Crippen LogP contribution is -2.23. The van der Waals surface area contributed by atoms with E-state index >= 15 is 0 Å². The molecule has 0 fully saturated rings. The Labute approximate surface area is 138 Å². The molecule has 0 aliphatic rings. The quantitative estimate of drug-likeness (QED) is 0.817. The molecule has 2 rings (SSSR count). The van der Waals surface area contributed by atoms with Gasteiger partial charge in [-0.25, -0.2) is 8.42 Å². The molecule has 0 aliphatic carbocycles. The summed E-state index contributed by atoms with van der Waals surface area (Å²) in [5.74, 6) is 0. The SMILES string of the molecule is CC=C(c1ccccc1)c1ccc(N)c(NS(=O)(=O)C(C)C)c1. The van der Waals surface area contributed by atoms with Crippen molar-refractivity contribution in [1.82, 2.24) is 0 Å². The molecular weight excluding hydrogens is 308 g/mol. The average Bonchev–Trinajstić information content (AvgIpc) is 2.52. The fourth-order valence-corrected chi connectivity index (χ4v) is 2.92. The highest BCUT2D eigenvalue weighted by atomic mass is 32.2. The highest BCUT2D eigenvalue weighted by Crippen LogP contribution is 2.29. The van der Waals surface area contributed by atoms with Gasteiger partial charge in [-0.3, -0.25) is 4.72 Å². The van der Waals surface area contributed by atoms with Crippen LogP contribution in [0.15, 0.2) is 54.6 Å². The van der Waals surface area contributed by atoms with Crippen LogP contribution in [0.1, 0.15) is 31.9 Å². The highest BCUT2D eigenvalue weighted by molar-refractivity contribution is 7.93. The zero-order valence-corrected chi connectivity index (χ0v) is 14.4. The predicted octanol–water partition coefficient (Wildman–Crippen LogP) is 3.87. The molecule has 5 heteroatoms. The summed E-state index contributed by atoms with van der Waals surface area (Å²) in [6.07, 6.45) is 2.00. The van der Waals surface area contributed by atoms with E-state index in [1.165, 1.54) is 0 Å². The van der Waals surface area contributed by atoms with Gasteiger partial charge in [0, 0.05) is 0 Å². The number of rotatable bonds is 5. The van der Waals surface area contributed by atoms with E-state index in [1.54, 1.807) is 26.0 Å². The van der Waals surface area contributed by atoms with Crippen molar-refractivity contribution in [2.45, 2.75) is 26.0 Å². The van der Waals surface area contributed by atoms with Gasteiger partial charge in [-0.1, -0.05) is 42.5 Å². The van der Waals surface area contributed by atoms with Crippen molar-refractivity contribution >= 4 is 27.0 Å². The van der Waals surface area contributed by atoms with Gasteiger partial charge in [-0.2, -0.15) is 0 Å². The smallest absolute Gasteiger partial charge is 0.235 e. The first-order valence-electron chi connectivity index (χ1n) is 7.48. The summed E-state index contributed by atoms with van der Waals surface area (Å²) in [5, 5.41) is -0.527. The van der Waals surface area contributed by atoms with E-state index in [2.05, 4.69) is 4.72 Å². The molecule has 4 nitrogen and oxygen atoms in total. The van der Waals surface area contributed by atoms with Crippen LogP contribution in [0.4, 0.5) is 11.4 Å². The van der Waals surface area contributed by atoms with Gasteiger partial charge in [0.1, 0.15) is 0 Å². The van der Waals surface area contributed by atoms with Gasteiger partial charge < -0.3 is 5.73 Å². The Morgan fingerprint density at radius 2 is 1.74 bits per heavy atom. The van der Waals surface area contributed by atoms with Gasteiger partial charge in [-0.05, 0) is 49.6 Å². The summed E-state index contributed by atoms with van der Waals surface area (Å²) in [6, 6.07) is 15.3. The van der Waals surface area contributed by atoms with E-state index in [9.17, 15) is 8.42 Å². The number of hydrogen-bond acceptors (Lipinski definition) is 3. The van der Waals surface area contributed by atoms with Gasteiger partial charge in [0.25, 0.3) is 0 Å². The van der Waals surface area contributed by atoms with Crippen molar-refractivity contribution in [2.24, 2.45) is 0 Å². The molecule has 0 spiro atoms. The molecule has 0 saturated carbocycles. The Morgan fingerprint density at radius 3 is 2.30 bits per heavy atom. The summed E-state index contributed by atoms with van der Waals surface area (Å²) < 4.78 is 26.8. The summed E-state index contributed by atoms with van der Waals surface area (Å²) in [5.41, 5.74) is 9.75. The predicted molar refractivity (Wildman–Crippen MR) is 97.7 cm³/mol. The monoisotopic (exact) mass is 330 g/mol. The van der Waals surface area contributed by atoms with Gasteiger partial charge >= 0.3 is 0 Å². The standard InChI is InChI=1S/C18H22N2O2S/c1-4-16(14-8-6-5-7-9-14)15-10-11-17(19)18(12-15)20-23(21,22)13(2)3/h4-13,20H,19H2,1-3H3.